The van der Waals surface area contributed by atoms with Crippen molar-refractivity contribution in [1.29, 1.82) is 0 Å². The molecule has 2 fully saturated rings. The fourth-order valence-electron chi connectivity index (χ4n) is 4.09. The highest BCUT2D eigenvalue weighted by Gasteiger charge is 2.32. The van der Waals surface area contributed by atoms with E-state index in [9.17, 15) is 9.59 Å². The van der Waals surface area contributed by atoms with Crippen molar-refractivity contribution in [2.24, 2.45) is 0 Å². The molecular formula is C21H31N3O2. The maximum Gasteiger partial charge on any atom is 0.240 e. The molecule has 1 saturated carbocycles. The van der Waals surface area contributed by atoms with Crippen LogP contribution in [0.15, 0.2) is 30.3 Å². The Morgan fingerprint density at radius 1 is 1.12 bits per heavy atom. The Morgan fingerprint density at radius 2 is 1.85 bits per heavy atom. The first-order valence-corrected chi connectivity index (χ1v) is 10.0. The number of nitrogens with one attached hydrogen (secondary N) is 2. The number of carbonyl (C=O) groups is 2. The Kier molecular flexibility index (Phi) is 6.67. The van der Waals surface area contributed by atoms with E-state index in [-0.39, 0.29) is 36.5 Å². The van der Waals surface area contributed by atoms with Crippen molar-refractivity contribution in [1.82, 2.24) is 15.5 Å². The molecule has 5 nitrogen and oxygen atoms in total. The third kappa shape index (κ3) is 4.85. The van der Waals surface area contributed by atoms with Crippen LogP contribution in [-0.2, 0) is 9.59 Å². The van der Waals surface area contributed by atoms with Crippen molar-refractivity contribution in [3.05, 3.63) is 35.9 Å². The molecule has 0 unspecified atom stereocenters. The first kappa shape index (κ1) is 18.9. The summed E-state index contributed by atoms with van der Waals surface area (Å²) in [6.45, 7) is 3.01. The molecule has 1 heterocycles. The van der Waals surface area contributed by atoms with Gasteiger partial charge in [-0.2, -0.15) is 0 Å². The third-order valence-electron chi connectivity index (χ3n) is 5.68. The summed E-state index contributed by atoms with van der Waals surface area (Å²) in [4.78, 5) is 27.5. The third-order valence-corrected chi connectivity index (χ3v) is 5.68. The fraction of sp³-hybridized carbons (Fsp3) is 0.619. The van der Waals surface area contributed by atoms with Crippen LogP contribution in [0.4, 0.5) is 0 Å². The SMILES string of the molecule is C[C@@H](c1ccccc1)N(CC(=O)NC1CCCCC1)C(=O)[C@@H]1CCCN1. The van der Waals surface area contributed by atoms with Gasteiger partial charge in [0.2, 0.25) is 11.8 Å². The van der Waals surface area contributed by atoms with Gasteiger partial charge in [-0.3, -0.25) is 9.59 Å². The highest BCUT2D eigenvalue weighted by atomic mass is 16.2. The number of benzene rings is 1. The lowest BCUT2D eigenvalue weighted by Crippen LogP contribution is -2.50. The van der Waals surface area contributed by atoms with Crippen LogP contribution in [-0.4, -0.2) is 41.9 Å². The van der Waals surface area contributed by atoms with E-state index in [1.165, 1.54) is 19.3 Å². The number of carbonyl (C=O) groups excluding carboxylic acids is 2. The van der Waals surface area contributed by atoms with Crippen molar-refractivity contribution < 1.29 is 9.59 Å². The van der Waals surface area contributed by atoms with E-state index in [2.05, 4.69) is 10.6 Å². The second-order valence-electron chi connectivity index (χ2n) is 7.60. The zero-order chi connectivity index (χ0) is 18.4. The molecule has 3 rings (SSSR count). The fourth-order valence-corrected chi connectivity index (χ4v) is 4.09. The summed E-state index contributed by atoms with van der Waals surface area (Å²) < 4.78 is 0. The van der Waals surface area contributed by atoms with E-state index in [4.69, 9.17) is 0 Å². The van der Waals surface area contributed by atoms with Crippen LogP contribution in [0.3, 0.4) is 0 Å². The number of hydrogen-bond donors (Lipinski definition) is 2. The van der Waals surface area contributed by atoms with E-state index >= 15 is 0 Å². The number of amides is 2. The zero-order valence-electron chi connectivity index (χ0n) is 15.7. The summed E-state index contributed by atoms with van der Waals surface area (Å²) in [5.74, 6) is 0.00340. The Morgan fingerprint density at radius 3 is 2.50 bits per heavy atom. The first-order chi connectivity index (χ1) is 12.6. The predicted molar refractivity (Wildman–Crippen MR) is 103 cm³/mol. The molecule has 0 spiro atoms. The van der Waals surface area contributed by atoms with Gasteiger partial charge in [0.1, 0.15) is 6.54 Å². The van der Waals surface area contributed by atoms with Crippen molar-refractivity contribution in [3.63, 3.8) is 0 Å². The van der Waals surface area contributed by atoms with E-state index in [1.54, 1.807) is 4.90 Å². The zero-order valence-corrected chi connectivity index (χ0v) is 15.7. The summed E-state index contributed by atoms with van der Waals surface area (Å²) in [7, 11) is 0. The molecule has 0 radical (unpaired) electrons. The van der Waals surface area contributed by atoms with E-state index in [0.29, 0.717) is 0 Å². The molecular weight excluding hydrogens is 326 g/mol. The standard InChI is InChI=1S/C21H31N3O2/c1-16(17-9-4-2-5-10-17)24(21(26)19-13-8-14-22-19)15-20(25)23-18-11-6-3-7-12-18/h2,4-5,9-10,16,18-19,22H,3,6-8,11-15H2,1H3,(H,23,25)/t16-,19-/m0/s1. The molecule has 1 aromatic carbocycles. The molecule has 2 atom stereocenters. The Balaban J connectivity index is 1.69. The maximum atomic E-state index is 13.1. The van der Waals surface area contributed by atoms with Gasteiger partial charge in [0.15, 0.2) is 0 Å². The number of nitrogens with zero attached hydrogens (tertiary/aromatic N) is 1. The molecule has 26 heavy (non-hydrogen) atoms. The summed E-state index contributed by atoms with van der Waals surface area (Å²) >= 11 is 0. The van der Waals surface area contributed by atoms with Gasteiger partial charge >= 0.3 is 0 Å². The second-order valence-corrected chi connectivity index (χ2v) is 7.60. The van der Waals surface area contributed by atoms with E-state index in [0.717, 1.165) is 37.8 Å². The lowest BCUT2D eigenvalue weighted by molar-refractivity contribution is -0.140. The molecule has 1 aliphatic carbocycles. The Labute approximate surface area is 156 Å². The van der Waals surface area contributed by atoms with E-state index in [1.807, 2.05) is 37.3 Å². The average molecular weight is 357 g/mol. The van der Waals surface area contributed by atoms with Crippen LogP contribution < -0.4 is 10.6 Å². The van der Waals surface area contributed by atoms with Crippen LogP contribution >= 0.6 is 0 Å². The molecule has 2 aliphatic rings. The molecule has 1 aliphatic heterocycles. The summed E-state index contributed by atoms with van der Waals surface area (Å²) in [6.07, 6.45) is 7.59. The quantitative estimate of drug-likeness (QED) is 0.823. The van der Waals surface area contributed by atoms with Gasteiger partial charge in [-0.25, -0.2) is 0 Å². The highest BCUT2D eigenvalue weighted by Crippen LogP contribution is 2.23. The highest BCUT2D eigenvalue weighted by molar-refractivity contribution is 5.88. The molecule has 2 N–H and O–H groups in total. The van der Waals surface area contributed by atoms with Gasteiger partial charge in [-0.05, 0) is 44.7 Å². The molecule has 1 saturated heterocycles. The van der Waals surface area contributed by atoms with Gasteiger partial charge in [-0.1, -0.05) is 49.6 Å². The topological polar surface area (TPSA) is 61.4 Å². The molecule has 0 aromatic heterocycles. The van der Waals surface area contributed by atoms with Crippen LogP contribution in [0.1, 0.15) is 63.5 Å². The normalized spacial score (nSPS) is 22.0. The number of rotatable bonds is 6. The lowest BCUT2D eigenvalue weighted by Gasteiger charge is -2.32. The van der Waals surface area contributed by atoms with Gasteiger partial charge in [-0.15, -0.1) is 0 Å². The molecule has 0 bridgehead atoms. The van der Waals surface area contributed by atoms with Crippen molar-refractivity contribution in [2.45, 2.75) is 70.0 Å². The van der Waals surface area contributed by atoms with Crippen LogP contribution in [0.5, 0.6) is 0 Å². The molecule has 142 valence electrons. The Hall–Kier alpha value is -1.88. The minimum absolute atomic E-state index is 0.0361. The smallest absolute Gasteiger partial charge is 0.240 e. The second kappa shape index (κ2) is 9.17. The van der Waals surface area contributed by atoms with Gasteiger partial charge < -0.3 is 15.5 Å². The minimum atomic E-state index is -0.163. The summed E-state index contributed by atoms with van der Waals surface area (Å²) in [5.41, 5.74) is 1.06. The van der Waals surface area contributed by atoms with Crippen LogP contribution in [0.2, 0.25) is 0 Å². The average Bonchev–Trinajstić information content (AvgIpc) is 3.21. The van der Waals surface area contributed by atoms with E-state index < -0.39 is 0 Å². The van der Waals surface area contributed by atoms with Crippen molar-refractivity contribution >= 4 is 11.8 Å². The summed E-state index contributed by atoms with van der Waals surface area (Å²) in [5, 5.41) is 6.42. The Bertz CT molecular complexity index is 593. The van der Waals surface area contributed by atoms with Gasteiger partial charge in [0.25, 0.3) is 0 Å². The van der Waals surface area contributed by atoms with Crippen molar-refractivity contribution in [2.75, 3.05) is 13.1 Å². The molecule has 2 amide bonds. The monoisotopic (exact) mass is 357 g/mol. The predicted octanol–water partition coefficient (Wildman–Crippen LogP) is 2.78. The van der Waals surface area contributed by atoms with Gasteiger partial charge in [0, 0.05) is 6.04 Å². The van der Waals surface area contributed by atoms with Crippen LogP contribution in [0, 0.1) is 0 Å². The maximum absolute atomic E-state index is 13.1. The van der Waals surface area contributed by atoms with Gasteiger partial charge in [0.05, 0.1) is 12.1 Å². The molecule has 1 aromatic rings. The largest absolute Gasteiger partial charge is 0.352 e. The lowest BCUT2D eigenvalue weighted by atomic mass is 9.95. The van der Waals surface area contributed by atoms with Crippen molar-refractivity contribution in [3.8, 4) is 0 Å². The first-order valence-electron chi connectivity index (χ1n) is 10.0. The van der Waals surface area contributed by atoms with Crippen LogP contribution in [0.25, 0.3) is 0 Å². The minimum Gasteiger partial charge on any atom is -0.352 e. The molecule has 5 heteroatoms. The number of hydrogen-bond acceptors (Lipinski definition) is 3. The summed E-state index contributed by atoms with van der Waals surface area (Å²) in [6, 6.07) is 9.94.